The number of nitrogens with one attached hydrogen (secondary N) is 2. The van der Waals surface area contributed by atoms with Gasteiger partial charge in [0.1, 0.15) is 17.2 Å². The minimum absolute atomic E-state index is 0.0440. The lowest BCUT2D eigenvalue weighted by Gasteiger charge is -2.22. The number of hydrogen-bond donors (Lipinski definition) is 3. The molecule has 2 heterocycles. The van der Waals surface area contributed by atoms with Gasteiger partial charge in [-0.25, -0.2) is 4.79 Å². The number of rotatable bonds is 5. The first kappa shape index (κ1) is 17.0. The predicted octanol–water partition coefficient (Wildman–Crippen LogP) is 2.43. The minimum atomic E-state index is -1.16. The third-order valence-electron chi connectivity index (χ3n) is 3.35. The molecule has 122 valence electrons. The van der Waals surface area contributed by atoms with Crippen LogP contribution < -0.4 is 10.6 Å². The summed E-state index contributed by atoms with van der Waals surface area (Å²) in [5.41, 5.74) is -0.129. The Hall–Kier alpha value is -2.37. The number of anilines is 1. The van der Waals surface area contributed by atoms with E-state index >= 15 is 0 Å². The van der Waals surface area contributed by atoms with Crippen LogP contribution in [0.1, 0.15) is 37.9 Å². The number of aliphatic hydroxyl groups is 1. The van der Waals surface area contributed by atoms with Crippen molar-refractivity contribution in [2.45, 2.75) is 32.4 Å². The van der Waals surface area contributed by atoms with Gasteiger partial charge in [0.05, 0.1) is 6.54 Å². The second-order valence-corrected chi connectivity index (χ2v) is 6.45. The molecule has 0 aliphatic carbocycles. The third-order valence-corrected chi connectivity index (χ3v) is 4.03. The zero-order chi connectivity index (χ0) is 17.0. The van der Waals surface area contributed by atoms with Gasteiger partial charge in [0, 0.05) is 12.2 Å². The molecule has 2 rings (SSSR count). The van der Waals surface area contributed by atoms with Crippen LogP contribution in [0.3, 0.4) is 0 Å². The highest BCUT2D eigenvalue weighted by Crippen LogP contribution is 2.22. The maximum absolute atomic E-state index is 12.0. The van der Waals surface area contributed by atoms with Gasteiger partial charge in [0.2, 0.25) is 0 Å². The summed E-state index contributed by atoms with van der Waals surface area (Å²) in [6, 6.07) is 3.37. The Bertz CT molecular complexity index is 713. The van der Waals surface area contributed by atoms with E-state index in [9.17, 15) is 9.90 Å². The van der Waals surface area contributed by atoms with E-state index in [1.54, 1.807) is 17.8 Å². The fourth-order valence-electron chi connectivity index (χ4n) is 1.91. The van der Waals surface area contributed by atoms with Gasteiger partial charge in [-0.05, 0) is 43.2 Å². The Morgan fingerprint density at radius 3 is 2.91 bits per heavy atom. The molecule has 7 nitrogen and oxygen atoms in total. The van der Waals surface area contributed by atoms with E-state index in [2.05, 4.69) is 15.7 Å². The van der Waals surface area contributed by atoms with Crippen molar-refractivity contribution in [1.29, 1.82) is 5.26 Å². The van der Waals surface area contributed by atoms with Crippen molar-refractivity contribution in [2.24, 2.45) is 0 Å². The molecule has 0 bridgehead atoms. The molecule has 0 aromatic carbocycles. The van der Waals surface area contributed by atoms with Crippen molar-refractivity contribution < 1.29 is 9.90 Å². The molecule has 0 aliphatic heterocycles. The molecule has 0 spiro atoms. The normalized spacial score (nSPS) is 13.4. The molecule has 2 aromatic rings. The van der Waals surface area contributed by atoms with Crippen LogP contribution in [0.2, 0.25) is 0 Å². The summed E-state index contributed by atoms with van der Waals surface area (Å²) in [4.78, 5) is 12.0. The highest BCUT2D eigenvalue weighted by molar-refractivity contribution is 7.08. The number of nitrogens with zero attached hydrogens (tertiary/aromatic N) is 3. The average Bonchev–Trinajstić information content (AvgIpc) is 3.15. The third kappa shape index (κ3) is 4.09. The van der Waals surface area contributed by atoms with E-state index in [4.69, 9.17) is 5.26 Å². The highest BCUT2D eigenvalue weighted by atomic mass is 32.1. The number of carbonyl (C=O) groups excluding carboxylic acids is 1. The molecule has 0 unspecified atom stereocenters. The summed E-state index contributed by atoms with van der Waals surface area (Å²) in [5.74, 6) is 0.203. The van der Waals surface area contributed by atoms with Gasteiger partial charge in [0.25, 0.3) is 0 Å². The minimum Gasteiger partial charge on any atom is -0.384 e. The van der Waals surface area contributed by atoms with Crippen LogP contribution in [0.5, 0.6) is 0 Å². The van der Waals surface area contributed by atoms with Crippen molar-refractivity contribution in [3.8, 4) is 6.07 Å². The molecule has 3 N–H and O–H groups in total. The first-order valence-electron chi connectivity index (χ1n) is 7.12. The summed E-state index contributed by atoms with van der Waals surface area (Å²) in [6.07, 6.45) is 1.59. The molecule has 8 heteroatoms. The number of nitriles is 1. The number of amides is 2. The number of carbonyl (C=O) groups is 1. The fourth-order valence-corrected chi connectivity index (χ4v) is 2.69. The standard InChI is InChI=1S/C15H19N5O2S/c1-10(2)20-7-11(6-16)13(19-20)18-14(21)17-9-15(3,22)12-4-5-23-8-12/h4-5,7-8,10,22H,9H2,1-3H3,(H2,17,18,19,21)/t15-/m0/s1. The van der Waals surface area contributed by atoms with Gasteiger partial charge in [0.15, 0.2) is 5.82 Å². The largest absolute Gasteiger partial charge is 0.384 e. The van der Waals surface area contributed by atoms with Gasteiger partial charge in [-0.3, -0.25) is 10.00 Å². The average molecular weight is 333 g/mol. The molecule has 23 heavy (non-hydrogen) atoms. The molecular formula is C15H19N5O2S. The molecular weight excluding hydrogens is 314 g/mol. The van der Waals surface area contributed by atoms with Gasteiger partial charge < -0.3 is 10.4 Å². The Morgan fingerprint density at radius 2 is 2.35 bits per heavy atom. The molecule has 0 aliphatic rings. The smallest absolute Gasteiger partial charge is 0.320 e. The molecule has 0 saturated carbocycles. The summed E-state index contributed by atoms with van der Waals surface area (Å²) < 4.78 is 1.61. The maximum atomic E-state index is 12.0. The second kappa shape index (κ2) is 6.81. The van der Waals surface area contributed by atoms with E-state index in [1.807, 2.05) is 36.7 Å². The van der Waals surface area contributed by atoms with Gasteiger partial charge >= 0.3 is 6.03 Å². The lowest BCUT2D eigenvalue weighted by Crippen LogP contribution is -2.40. The van der Waals surface area contributed by atoms with Crippen molar-refractivity contribution in [3.05, 3.63) is 34.2 Å². The summed E-state index contributed by atoms with van der Waals surface area (Å²) in [5, 5.41) is 32.5. The topological polar surface area (TPSA) is 103 Å². The zero-order valence-corrected chi connectivity index (χ0v) is 14.0. The number of hydrogen-bond acceptors (Lipinski definition) is 5. The van der Waals surface area contributed by atoms with Crippen LogP contribution in [-0.2, 0) is 5.60 Å². The quantitative estimate of drug-likeness (QED) is 0.782. The zero-order valence-electron chi connectivity index (χ0n) is 13.2. The Labute approximate surface area is 138 Å². The van der Waals surface area contributed by atoms with E-state index in [0.717, 1.165) is 5.56 Å². The van der Waals surface area contributed by atoms with E-state index in [0.29, 0.717) is 5.56 Å². The van der Waals surface area contributed by atoms with E-state index in [-0.39, 0.29) is 18.4 Å². The van der Waals surface area contributed by atoms with Crippen LogP contribution in [-0.4, -0.2) is 27.5 Å². The maximum Gasteiger partial charge on any atom is 0.320 e. The van der Waals surface area contributed by atoms with Crippen molar-refractivity contribution in [2.75, 3.05) is 11.9 Å². The SMILES string of the molecule is CC(C)n1cc(C#N)c(NC(=O)NC[C@](C)(O)c2ccsc2)n1. The van der Waals surface area contributed by atoms with Gasteiger partial charge in [-0.1, -0.05) is 0 Å². The van der Waals surface area contributed by atoms with Crippen molar-refractivity contribution in [3.63, 3.8) is 0 Å². The van der Waals surface area contributed by atoms with Crippen LogP contribution >= 0.6 is 11.3 Å². The fraction of sp³-hybridized carbons (Fsp3) is 0.400. The first-order valence-corrected chi connectivity index (χ1v) is 8.07. The molecule has 2 aromatic heterocycles. The Morgan fingerprint density at radius 1 is 1.61 bits per heavy atom. The van der Waals surface area contributed by atoms with Crippen molar-refractivity contribution >= 4 is 23.2 Å². The molecule has 2 amide bonds. The molecule has 0 radical (unpaired) electrons. The monoisotopic (exact) mass is 333 g/mol. The Kier molecular flexibility index (Phi) is 5.03. The van der Waals surface area contributed by atoms with Crippen LogP contribution in [0, 0.1) is 11.3 Å². The number of urea groups is 1. The number of thiophene rings is 1. The van der Waals surface area contributed by atoms with Crippen LogP contribution in [0.4, 0.5) is 10.6 Å². The lowest BCUT2D eigenvalue weighted by atomic mass is 9.99. The van der Waals surface area contributed by atoms with E-state index in [1.165, 1.54) is 11.3 Å². The van der Waals surface area contributed by atoms with Gasteiger partial charge in [-0.2, -0.15) is 21.7 Å². The summed E-state index contributed by atoms with van der Waals surface area (Å²) in [7, 11) is 0. The lowest BCUT2D eigenvalue weighted by molar-refractivity contribution is 0.0604. The second-order valence-electron chi connectivity index (χ2n) is 5.67. The van der Waals surface area contributed by atoms with Crippen molar-refractivity contribution in [1.82, 2.24) is 15.1 Å². The van der Waals surface area contributed by atoms with Gasteiger partial charge in [-0.15, -0.1) is 0 Å². The first-order chi connectivity index (χ1) is 10.8. The molecule has 0 fully saturated rings. The van der Waals surface area contributed by atoms with E-state index < -0.39 is 11.6 Å². The molecule has 0 saturated heterocycles. The highest BCUT2D eigenvalue weighted by Gasteiger charge is 2.24. The number of aromatic nitrogens is 2. The summed E-state index contributed by atoms with van der Waals surface area (Å²) in [6.45, 7) is 5.53. The predicted molar refractivity (Wildman–Crippen MR) is 88.2 cm³/mol. The van der Waals surface area contributed by atoms with Crippen LogP contribution in [0.25, 0.3) is 0 Å². The summed E-state index contributed by atoms with van der Waals surface area (Å²) >= 11 is 1.48. The Balaban J connectivity index is 1.99. The molecule has 1 atom stereocenters. The van der Waals surface area contributed by atoms with Crippen LogP contribution in [0.15, 0.2) is 23.0 Å².